The zero-order chi connectivity index (χ0) is 22.6. The Morgan fingerprint density at radius 3 is 2.48 bits per heavy atom. The van der Waals surface area contributed by atoms with Crippen LogP contribution in [-0.2, 0) is 14.6 Å². The zero-order valence-electron chi connectivity index (χ0n) is 17.5. The van der Waals surface area contributed by atoms with Crippen molar-refractivity contribution < 1.29 is 22.3 Å². The van der Waals surface area contributed by atoms with Crippen molar-refractivity contribution in [1.82, 2.24) is 9.88 Å². The summed E-state index contributed by atoms with van der Waals surface area (Å²) in [6.45, 7) is 0.967. The predicted molar refractivity (Wildman–Crippen MR) is 120 cm³/mol. The molecule has 0 spiro atoms. The lowest BCUT2D eigenvalue weighted by Gasteiger charge is -2.22. The van der Waals surface area contributed by atoms with E-state index in [-0.39, 0.29) is 23.0 Å². The van der Waals surface area contributed by atoms with E-state index in [0.29, 0.717) is 24.0 Å². The smallest absolute Gasteiger partial charge is 0.229 e. The number of carbonyl (C=O) groups excluding carboxylic acids is 1. The molecule has 3 aromatic rings. The molecule has 0 fully saturated rings. The first kappa shape index (κ1) is 23.1. The van der Waals surface area contributed by atoms with Crippen molar-refractivity contribution in [3.05, 3.63) is 48.3 Å². The van der Waals surface area contributed by atoms with Crippen molar-refractivity contribution in [2.45, 2.75) is 11.3 Å². The molecule has 0 unspecified atom stereocenters. The Bertz CT molecular complexity index is 1160. The van der Waals surface area contributed by atoms with Gasteiger partial charge in [-0.3, -0.25) is 9.69 Å². The van der Waals surface area contributed by atoms with E-state index in [4.69, 9.17) is 4.74 Å². The summed E-state index contributed by atoms with van der Waals surface area (Å²) in [5, 5.41) is 0.509. The number of fused-ring (bicyclic) bond motifs is 1. The Kier molecular flexibility index (Phi) is 7.24. The number of amides is 1. The van der Waals surface area contributed by atoms with Crippen LogP contribution in [-0.4, -0.2) is 64.3 Å². The lowest BCUT2D eigenvalue weighted by Crippen LogP contribution is -2.37. The second kappa shape index (κ2) is 9.71. The molecule has 166 valence electrons. The van der Waals surface area contributed by atoms with E-state index in [2.05, 4.69) is 4.98 Å². The summed E-state index contributed by atoms with van der Waals surface area (Å²) in [6, 6.07) is 10.1. The summed E-state index contributed by atoms with van der Waals surface area (Å²) in [7, 11) is 1.66. The molecule has 10 heteroatoms. The maximum Gasteiger partial charge on any atom is 0.229 e. The number of rotatable bonds is 9. The molecule has 0 bridgehead atoms. The van der Waals surface area contributed by atoms with E-state index in [1.165, 1.54) is 28.4 Å². The van der Waals surface area contributed by atoms with Gasteiger partial charge in [0.15, 0.2) is 15.0 Å². The average Bonchev–Trinajstić information content (AvgIpc) is 3.15. The van der Waals surface area contributed by atoms with Crippen LogP contribution in [0.3, 0.4) is 0 Å². The largest absolute Gasteiger partial charge is 0.497 e. The topological polar surface area (TPSA) is 79.8 Å². The molecule has 0 saturated carbocycles. The number of benzene rings is 2. The number of anilines is 1. The molecule has 0 atom stereocenters. The van der Waals surface area contributed by atoms with Crippen LogP contribution in [0.2, 0.25) is 0 Å². The van der Waals surface area contributed by atoms with E-state index >= 15 is 0 Å². The fraction of sp³-hybridized carbons (Fsp3) is 0.333. The third kappa shape index (κ3) is 5.78. The number of halogens is 1. The van der Waals surface area contributed by atoms with Gasteiger partial charge in [0.05, 0.1) is 28.0 Å². The van der Waals surface area contributed by atoms with Crippen LogP contribution < -0.4 is 9.64 Å². The highest BCUT2D eigenvalue weighted by Gasteiger charge is 2.23. The molecule has 0 aliphatic heterocycles. The van der Waals surface area contributed by atoms with E-state index in [1.807, 2.05) is 31.1 Å². The number of methoxy groups -OCH3 is 1. The molecule has 1 aromatic heterocycles. The summed E-state index contributed by atoms with van der Waals surface area (Å²) < 4.78 is 44.3. The maximum absolute atomic E-state index is 13.1. The van der Waals surface area contributed by atoms with Crippen molar-refractivity contribution in [3.63, 3.8) is 0 Å². The third-order valence-corrected chi connectivity index (χ3v) is 7.42. The van der Waals surface area contributed by atoms with E-state index in [1.54, 1.807) is 13.2 Å². The summed E-state index contributed by atoms with van der Waals surface area (Å²) in [6.07, 6.45) is -0.202. The van der Waals surface area contributed by atoms with Gasteiger partial charge in [-0.25, -0.2) is 17.8 Å². The fourth-order valence-corrected chi connectivity index (χ4v) is 5.15. The van der Waals surface area contributed by atoms with Crippen LogP contribution in [0.25, 0.3) is 10.2 Å². The summed E-state index contributed by atoms with van der Waals surface area (Å²) in [5.41, 5.74) is 0.738. The van der Waals surface area contributed by atoms with E-state index in [0.717, 1.165) is 22.3 Å². The quantitative estimate of drug-likeness (QED) is 0.452. The minimum Gasteiger partial charge on any atom is -0.497 e. The second-order valence-electron chi connectivity index (χ2n) is 7.20. The number of sulfone groups is 1. The molecular weight excluding hydrogens is 441 g/mol. The van der Waals surface area contributed by atoms with Gasteiger partial charge in [-0.05, 0) is 56.6 Å². The SMILES string of the molecule is COc1ccc2nc(N(CCN(C)C)C(=O)CCS(=O)(=O)c3ccc(F)cc3)sc2c1. The molecule has 3 rings (SSSR count). The Morgan fingerprint density at radius 2 is 1.84 bits per heavy atom. The minimum absolute atomic E-state index is 0.00590. The molecule has 31 heavy (non-hydrogen) atoms. The second-order valence-corrected chi connectivity index (χ2v) is 10.3. The van der Waals surface area contributed by atoms with Gasteiger partial charge in [0.1, 0.15) is 11.6 Å². The highest BCUT2D eigenvalue weighted by Crippen LogP contribution is 2.31. The van der Waals surface area contributed by atoms with Crippen molar-refractivity contribution >= 4 is 42.4 Å². The number of hydrogen-bond donors (Lipinski definition) is 0. The minimum atomic E-state index is -3.71. The lowest BCUT2D eigenvalue weighted by atomic mass is 10.3. The summed E-state index contributed by atoms with van der Waals surface area (Å²) in [4.78, 5) is 21.0. The van der Waals surface area contributed by atoms with Crippen molar-refractivity contribution in [2.24, 2.45) is 0 Å². The van der Waals surface area contributed by atoms with Crippen LogP contribution in [0, 0.1) is 5.82 Å². The van der Waals surface area contributed by atoms with Crippen LogP contribution in [0.15, 0.2) is 47.4 Å². The molecule has 1 heterocycles. The number of ether oxygens (including phenoxy) is 1. The van der Waals surface area contributed by atoms with Crippen LogP contribution in [0.1, 0.15) is 6.42 Å². The zero-order valence-corrected chi connectivity index (χ0v) is 19.2. The molecule has 0 saturated heterocycles. The van der Waals surface area contributed by atoms with Gasteiger partial charge >= 0.3 is 0 Å². The average molecular weight is 466 g/mol. The molecule has 0 radical (unpaired) electrons. The monoisotopic (exact) mass is 465 g/mol. The first-order valence-electron chi connectivity index (χ1n) is 9.57. The van der Waals surface area contributed by atoms with E-state index in [9.17, 15) is 17.6 Å². The normalized spacial score (nSPS) is 11.8. The number of hydrogen-bond acceptors (Lipinski definition) is 7. The Morgan fingerprint density at radius 1 is 1.13 bits per heavy atom. The van der Waals surface area contributed by atoms with Gasteiger partial charge in [-0.1, -0.05) is 11.3 Å². The molecule has 0 aliphatic carbocycles. The van der Waals surface area contributed by atoms with Gasteiger partial charge in [0.25, 0.3) is 0 Å². The third-order valence-electron chi connectivity index (χ3n) is 4.64. The maximum atomic E-state index is 13.1. The van der Waals surface area contributed by atoms with Gasteiger partial charge in [0, 0.05) is 19.5 Å². The van der Waals surface area contributed by atoms with Crippen molar-refractivity contribution in [3.8, 4) is 5.75 Å². The van der Waals surface area contributed by atoms with Crippen LogP contribution >= 0.6 is 11.3 Å². The van der Waals surface area contributed by atoms with E-state index < -0.39 is 15.7 Å². The summed E-state index contributed by atoms with van der Waals surface area (Å²) in [5.74, 6) is -0.524. The fourth-order valence-electron chi connectivity index (χ4n) is 2.88. The number of thiazole rings is 1. The van der Waals surface area contributed by atoms with Crippen molar-refractivity contribution in [1.29, 1.82) is 0 Å². The molecule has 7 nitrogen and oxygen atoms in total. The van der Waals surface area contributed by atoms with Crippen LogP contribution in [0.5, 0.6) is 5.75 Å². The molecule has 1 amide bonds. The number of aromatic nitrogens is 1. The molecule has 0 aliphatic rings. The lowest BCUT2D eigenvalue weighted by molar-refractivity contribution is -0.118. The molecular formula is C21H24FN3O4S2. The number of likely N-dealkylation sites (N-methyl/N-ethyl adjacent to an activating group) is 1. The number of nitrogens with zero attached hydrogens (tertiary/aromatic N) is 3. The summed E-state index contributed by atoms with van der Waals surface area (Å²) >= 11 is 1.35. The Hall–Kier alpha value is -2.56. The van der Waals surface area contributed by atoms with Gasteiger partial charge in [-0.2, -0.15) is 0 Å². The van der Waals surface area contributed by atoms with Gasteiger partial charge < -0.3 is 9.64 Å². The molecule has 0 N–H and O–H groups in total. The highest BCUT2D eigenvalue weighted by atomic mass is 32.2. The first-order valence-corrected chi connectivity index (χ1v) is 12.0. The standard InChI is InChI=1S/C21H24FN3O4S2/c1-24(2)11-12-25(21-23-18-9-6-16(29-3)14-19(18)30-21)20(26)10-13-31(27,28)17-7-4-15(22)5-8-17/h4-9,14H,10-13H2,1-3H3. The van der Waals surface area contributed by atoms with Gasteiger partial charge in [-0.15, -0.1) is 0 Å². The van der Waals surface area contributed by atoms with Gasteiger partial charge in [0.2, 0.25) is 5.91 Å². The highest BCUT2D eigenvalue weighted by molar-refractivity contribution is 7.91. The Labute approximate surface area is 185 Å². The first-order chi connectivity index (χ1) is 14.7. The van der Waals surface area contributed by atoms with Crippen molar-refractivity contribution in [2.75, 3.05) is 44.9 Å². The van der Waals surface area contributed by atoms with Crippen LogP contribution in [0.4, 0.5) is 9.52 Å². The predicted octanol–water partition coefficient (Wildman–Crippen LogP) is 3.20. The molecule has 2 aromatic carbocycles. The number of carbonyl (C=O) groups is 1. The Balaban J connectivity index is 1.81.